The van der Waals surface area contributed by atoms with Crippen LogP contribution in [0.4, 0.5) is 0 Å². The number of likely N-dealkylation sites (N-methyl/N-ethyl adjacent to an activating group) is 1. The van der Waals surface area contributed by atoms with Crippen molar-refractivity contribution in [1.29, 1.82) is 0 Å². The molecule has 0 radical (unpaired) electrons. The molecule has 14 heavy (non-hydrogen) atoms. The summed E-state index contributed by atoms with van der Waals surface area (Å²) in [7, 11) is 1.66. The lowest BCUT2D eigenvalue weighted by atomic mass is 10.3. The Bertz CT molecular complexity index is 228. The number of carboxylic acids is 1. The smallest absolute Gasteiger partial charge is 0.303 e. The Balaban J connectivity index is 3.72. The highest BCUT2D eigenvalue weighted by Crippen LogP contribution is 1.98. The van der Waals surface area contributed by atoms with Crippen molar-refractivity contribution in [3.63, 3.8) is 0 Å². The fraction of sp³-hybridized carbons (Fsp3) is 0.556. The Labute approximate surface area is 88.0 Å². The molecule has 0 aromatic rings. The lowest BCUT2D eigenvalue weighted by Gasteiger charge is -2.13. The zero-order valence-electron chi connectivity index (χ0n) is 8.40. The molecule has 0 atom stereocenters. The third kappa shape index (κ3) is 6.54. The molecule has 0 aliphatic carbocycles. The molecule has 0 aliphatic rings. The fourth-order valence-electron chi connectivity index (χ4n) is 0.831. The second kappa shape index (κ2) is 7.44. The molecule has 1 amide bonds. The highest BCUT2D eigenvalue weighted by molar-refractivity contribution is 8.01. The topological polar surface area (TPSA) is 57.6 Å². The maximum absolute atomic E-state index is 11.3. The average Bonchev–Trinajstić information content (AvgIpc) is 2.13. The molecule has 0 bridgehead atoms. The molecule has 80 valence electrons. The predicted molar refractivity (Wildman–Crippen MR) is 57.2 cm³/mol. The van der Waals surface area contributed by atoms with E-state index in [0.717, 1.165) is 0 Å². The fourth-order valence-corrected chi connectivity index (χ4v) is 1.08. The van der Waals surface area contributed by atoms with E-state index in [4.69, 9.17) is 5.11 Å². The van der Waals surface area contributed by atoms with Gasteiger partial charge in [0.05, 0.1) is 0 Å². The largest absolute Gasteiger partial charge is 0.481 e. The molecule has 0 aromatic heterocycles. The van der Waals surface area contributed by atoms with Crippen LogP contribution in [0.25, 0.3) is 0 Å². The number of carboxylic acid groups (broad SMARTS) is 1. The summed E-state index contributed by atoms with van der Waals surface area (Å²) in [5, 5.41) is 10.1. The molecule has 0 fully saturated rings. The summed E-state index contributed by atoms with van der Waals surface area (Å²) >= 11 is 1.45. The van der Waals surface area contributed by atoms with Crippen molar-refractivity contribution in [2.24, 2.45) is 0 Å². The molecular weight excluding hydrogens is 202 g/mol. The van der Waals surface area contributed by atoms with Gasteiger partial charge in [-0.2, -0.15) is 0 Å². The molecule has 0 heterocycles. The summed E-state index contributed by atoms with van der Waals surface area (Å²) < 4.78 is 0. The molecule has 5 heteroatoms. The zero-order chi connectivity index (χ0) is 11.0. The predicted octanol–water partition coefficient (Wildman–Crippen LogP) is 1.19. The third-order valence-corrected chi connectivity index (χ3v) is 2.02. The van der Waals surface area contributed by atoms with Gasteiger partial charge in [-0.05, 0) is 18.1 Å². The van der Waals surface area contributed by atoms with Gasteiger partial charge < -0.3 is 10.0 Å². The van der Waals surface area contributed by atoms with Crippen LogP contribution in [0.15, 0.2) is 11.5 Å². The van der Waals surface area contributed by atoms with E-state index in [-0.39, 0.29) is 12.3 Å². The normalized spacial score (nSPS) is 10.4. The van der Waals surface area contributed by atoms with Gasteiger partial charge in [-0.1, -0.05) is 0 Å². The number of hydrogen-bond donors (Lipinski definition) is 1. The lowest BCUT2D eigenvalue weighted by molar-refractivity contribution is -0.137. The lowest BCUT2D eigenvalue weighted by Crippen LogP contribution is -2.26. The summed E-state index contributed by atoms with van der Waals surface area (Å²) in [6, 6.07) is 0. The summed E-state index contributed by atoms with van der Waals surface area (Å²) in [4.78, 5) is 23.0. The van der Waals surface area contributed by atoms with Crippen LogP contribution in [0.3, 0.4) is 0 Å². The van der Waals surface area contributed by atoms with Gasteiger partial charge in [0.2, 0.25) is 5.91 Å². The first kappa shape index (κ1) is 13.0. The van der Waals surface area contributed by atoms with E-state index in [1.54, 1.807) is 12.5 Å². The maximum Gasteiger partial charge on any atom is 0.303 e. The number of carbonyl (C=O) groups is 2. The minimum absolute atomic E-state index is 0.0928. The van der Waals surface area contributed by atoms with Crippen LogP contribution in [0, 0.1) is 0 Å². The van der Waals surface area contributed by atoms with Gasteiger partial charge in [0.25, 0.3) is 0 Å². The number of nitrogens with zero attached hydrogens (tertiary/aromatic N) is 1. The Morgan fingerprint density at radius 3 is 2.64 bits per heavy atom. The number of hydrogen-bond acceptors (Lipinski definition) is 3. The summed E-state index contributed by atoms with van der Waals surface area (Å²) in [6.45, 7) is 0.476. The van der Waals surface area contributed by atoms with E-state index in [0.29, 0.717) is 13.0 Å². The van der Waals surface area contributed by atoms with Crippen LogP contribution in [-0.2, 0) is 9.59 Å². The molecule has 0 unspecified atom stereocenters. The molecule has 0 saturated carbocycles. The molecule has 0 spiro atoms. The minimum Gasteiger partial charge on any atom is -0.481 e. The van der Waals surface area contributed by atoms with Crippen LogP contribution >= 0.6 is 11.8 Å². The third-order valence-electron chi connectivity index (χ3n) is 1.61. The van der Waals surface area contributed by atoms with Gasteiger partial charge in [0.1, 0.15) is 0 Å². The summed E-state index contributed by atoms with van der Waals surface area (Å²) in [5.74, 6) is -0.921. The van der Waals surface area contributed by atoms with Crippen LogP contribution in [0.5, 0.6) is 0 Å². The Morgan fingerprint density at radius 2 is 2.14 bits per heavy atom. The number of carbonyl (C=O) groups excluding carboxylic acids is 1. The van der Waals surface area contributed by atoms with E-state index in [9.17, 15) is 9.59 Å². The Morgan fingerprint density at radius 1 is 1.50 bits per heavy atom. The van der Waals surface area contributed by atoms with Gasteiger partial charge in [0, 0.05) is 26.1 Å². The molecule has 0 saturated heterocycles. The highest BCUT2D eigenvalue weighted by atomic mass is 32.2. The van der Waals surface area contributed by atoms with Gasteiger partial charge in [-0.3, -0.25) is 9.59 Å². The number of rotatable bonds is 6. The second-order valence-electron chi connectivity index (χ2n) is 2.80. The molecule has 1 N–H and O–H groups in total. The van der Waals surface area contributed by atoms with Crippen molar-refractivity contribution >= 4 is 23.6 Å². The van der Waals surface area contributed by atoms with E-state index in [1.807, 2.05) is 6.26 Å². The van der Waals surface area contributed by atoms with Crippen LogP contribution < -0.4 is 0 Å². The molecule has 0 rings (SSSR count). The number of thioether (sulfide) groups is 1. The van der Waals surface area contributed by atoms with Crippen LogP contribution in [0.1, 0.15) is 12.8 Å². The molecular formula is C9H15NO3S. The van der Waals surface area contributed by atoms with E-state index in [2.05, 4.69) is 0 Å². The maximum atomic E-state index is 11.3. The standard InChI is InChI=1S/C9H15NO3S/c1-10(6-3-4-9(12)13)8(11)5-7-14-2/h5,7H,3-4,6H2,1-2H3,(H,12,13)/b7-5+. The van der Waals surface area contributed by atoms with E-state index < -0.39 is 5.97 Å². The average molecular weight is 217 g/mol. The number of amides is 1. The first-order valence-corrected chi connectivity index (χ1v) is 5.53. The van der Waals surface area contributed by atoms with Crippen molar-refractivity contribution in [2.45, 2.75) is 12.8 Å². The van der Waals surface area contributed by atoms with Crippen molar-refractivity contribution < 1.29 is 14.7 Å². The van der Waals surface area contributed by atoms with Crippen LogP contribution in [-0.4, -0.2) is 41.7 Å². The first-order chi connectivity index (χ1) is 6.57. The van der Waals surface area contributed by atoms with E-state index >= 15 is 0 Å². The van der Waals surface area contributed by atoms with Gasteiger partial charge in [0.15, 0.2) is 0 Å². The Hall–Kier alpha value is -0.970. The van der Waals surface area contributed by atoms with Crippen molar-refractivity contribution in [2.75, 3.05) is 19.8 Å². The van der Waals surface area contributed by atoms with Crippen molar-refractivity contribution in [1.82, 2.24) is 4.90 Å². The highest BCUT2D eigenvalue weighted by Gasteiger charge is 2.05. The molecule has 0 aliphatic heterocycles. The van der Waals surface area contributed by atoms with Gasteiger partial charge >= 0.3 is 5.97 Å². The van der Waals surface area contributed by atoms with E-state index in [1.165, 1.54) is 22.7 Å². The Kier molecular flexibility index (Phi) is 6.92. The second-order valence-corrected chi connectivity index (χ2v) is 3.54. The van der Waals surface area contributed by atoms with Crippen LogP contribution in [0.2, 0.25) is 0 Å². The number of aliphatic carboxylic acids is 1. The summed E-state index contributed by atoms with van der Waals surface area (Å²) in [6.07, 6.45) is 3.94. The van der Waals surface area contributed by atoms with Gasteiger partial charge in [-0.15, -0.1) is 11.8 Å². The monoisotopic (exact) mass is 217 g/mol. The first-order valence-electron chi connectivity index (χ1n) is 4.24. The summed E-state index contributed by atoms with van der Waals surface area (Å²) in [5.41, 5.74) is 0. The quantitative estimate of drug-likeness (QED) is 0.679. The van der Waals surface area contributed by atoms with Crippen molar-refractivity contribution in [3.05, 3.63) is 11.5 Å². The minimum atomic E-state index is -0.828. The van der Waals surface area contributed by atoms with Crippen molar-refractivity contribution in [3.8, 4) is 0 Å². The zero-order valence-corrected chi connectivity index (χ0v) is 9.21. The molecule has 4 nitrogen and oxygen atoms in total. The molecule has 0 aromatic carbocycles. The SMILES string of the molecule is CS/C=C/C(=O)N(C)CCCC(=O)O. The van der Waals surface area contributed by atoms with Gasteiger partial charge in [-0.25, -0.2) is 0 Å².